The summed E-state index contributed by atoms with van der Waals surface area (Å²) in [7, 11) is 0. The molecule has 1 heterocycles. The molecule has 2 N–H and O–H groups in total. The number of carbonyl (C=O) groups is 2. The molecule has 9 nitrogen and oxygen atoms in total. The number of hydroxylamine groups is 2. The number of aromatic nitrogens is 1. The number of carboxylic acid groups (broad SMARTS) is 1. The number of nitrogens with zero attached hydrogens (tertiary/aromatic N) is 2. The van der Waals surface area contributed by atoms with E-state index in [9.17, 15) is 14.7 Å². The van der Waals surface area contributed by atoms with Crippen LogP contribution < -0.4 is 5.32 Å². The third-order valence-electron chi connectivity index (χ3n) is 4.95. The highest BCUT2D eigenvalue weighted by molar-refractivity contribution is 5.83. The Kier molecular flexibility index (Phi) is 8.12. The van der Waals surface area contributed by atoms with E-state index < -0.39 is 23.3 Å². The highest BCUT2D eigenvalue weighted by Crippen LogP contribution is 2.23. The molecule has 1 amide bonds. The Balaban J connectivity index is 1.84. The molecule has 0 aliphatic rings. The number of alkyl carbamates (subject to hydrolysis) is 1. The lowest BCUT2D eigenvalue weighted by molar-refractivity contribution is -0.236. The van der Waals surface area contributed by atoms with Crippen LogP contribution in [0, 0.1) is 11.8 Å². The van der Waals surface area contributed by atoms with Crippen LogP contribution in [0.4, 0.5) is 4.79 Å². The van der Waals surface area contributed by atoms with Crippen LogP contribution in [0.5, 0.6) is 0 Å². The van der Waals surface area contributed by atoms with Crippen molar-refractivity contribution in [2.75, 3.05) is 6.61 Å². The van der Waals surface area contributed by atoms with Crippen molar-refractivity contribution < 1.29 is 28.7 Å². The Morgan fingerprint density at radius 3 is 2.43 bits per heavy atom. The molecule has 1 aromatic heterocycles. The normalized spacial score (nSPS) is 13.1. The minimum Gasteiger partial charge on any atom is -0.478 e. The summed E-state index contributed by atoms with van der Waals surface area (Å²) in [6, 6.07) is 16.5. The molecule has 0 radical (unpaired) electrons. The summed E-state index contributed by atoms with van der Waals surface area (Å²) >= 11 is 0. The van der Waals surface area contributed by atoms with E-state index in [1.165, 1.54) is 5.06 Å². The topological polar surface area (TPSA) is 114 Å². The molecular weight excluding hydrogens is 450 g/mol. The van der Waals surface area contributed by atoms with Gasteiger partial charge in [-0.2, -0.15) is 0 Å². The summed E-state index contributed by atoms with van der Waals surface area (Å²) in [5.41, 5.74) is -0.637. The highest BCUT2D eigenvalue weighted by Gasteiger charge is 2.46. The molecule has 0 aliphatic heterocycles. The van der Waals surface area contributed by atoms with Gasteiger partial charge in [0.15, 0.2) is 5.58 Å². The summed E-state index contributed by atoms with van der Waals surface area (Å²) < 4.78 is 10.9. The number of nitrogens with one attached hydrogen (secondary N) is 1. The maximum Gasteiger partial charge on any atom is 0.409 e. The molecule has 2 aromatic carbocycles. The van der Waals surface area contributed by atoms with E-state index >= 15 is 0 Å². The standard InChI is InChI=1S/C26H29N3O6/c1-5-26(23(30)31,28-24(32)35-25(2,3)4)29(18-19-12-7-6-8-13-19)33-17-11-16-22-27-20-14-9-10-15-21(20)34-22/h6-10,12-15H,5,17-18H2,1-4H3,(H,28,32)(H,30,31). The lowest BCUT2D eigenvalue weighted by atomic mass is 10.1. The predicted octanol–water partition coefficient (Wildman–Crippen LogP) is 4.33. The number of oxazole rings is 1. The zero-order valence-electron chi connectivity index (χ0n) is 20.2. The Morgan fingerprint density at radius 2 is 1.80 bits per heavy atom. The molecular formula is C26H29N3O6. The molecule has 0 aliphatic carbocycles. The van der Waals surface area contributed by atoms with Gasteiger partial charge in [-0.1, -0.05) is 55.3 Å². The first-order chi connectivity index (χ1) is 16.6. The van der Waals surface area contributed by atoms with E-state index in [0.717, 1.165) is 5.56 Å². The van der Waals surface area contributed by atoms with E-state index in [1.54, 1.807) is 33.8 Å². The monoisotopic (exact) mass is 479 g/mol. The van der Waals surface area contributed by atoms with E-state index in [4.69, 9.17) is 14.0 Å². The largest absolute Gasteiger partial charge is 0.478 e. The van der Waals surface area contributed by atoms with Crippen LogP contribution in [0.25, 0.3) is 11.1 Å². The molecule has 3 rings (SSSR count). The maximum absolute atomic E-state index is 12.6. The summed E-state index contributed by atoms with van der Waals surface area (Å²) in [5, 5.41) is 13.9. The third-order valence-corrected chi connectivity index (χ3v) is 4.95. The van der Waals surface area contributed by atoms with Crippen LogP contribution in [0.3, 0.4) is 0 Å². The fourth-order valence-corrected chi connectivity index (χ4v) is 3.30. The van der Waals surface area contributed by atoms with Gasteiger partial charge in [0.2, 0.25) is 5.66 Å². The summed E-state index contributed by atoms with van der Waals surface area (Å²) in [6.07, 6.45) is -0.881. The molecule has 0 bridgehead atoms. The van der Waals surface area contributed by atoms with Gasteiger partial charge >= 0.3 is 12.1 Å². The number of hydrogen-bond donors (Lipinski definition) is 2. The summed E-state index contributed by atoms with van der Waals surface area (Å²) in [4.78, 5) is 35.2. The maximum atomic E-state index is 12.6. The van der Waals surface area contributed by atoms with Crippen molar-refractivity contribution in [1.29, 1.82) is 0 Å². The van der Waals surface area contributed by atoms with Crippen molar-refractivity contribution in [2.45, 2.75) is 51.9 Å². The van der Waals surface area contributed by atoms with Gasteiger partial charge in [-0.25, -0.2) is 14.6 Å². The van der Waals surface area contributed by atoms with Crippen molar-refractivity contribution in [1.82, 2.24) is 15.4 Å². The molecule has 184 valence electrons. The molecule has 1 atom stereocenters. The number of ether oxygens (including phenoxy) is 1. The van der Waals surface area contributed by atoms with Gasteiger partial charge in [-0.3, -0.25) is 10.2 Å². The second kappa shape index (κ2) is 11.0. The zero-order valence-corrected chi connectivity index (χ0v) is 20.2. The number of hydrogen-bond acceptors (Lipinski definition) is 7. The fraction of sp³-hybridized carbons (Fsp3) is 0.346. The highest BCUT2D eigenvalue weighted by atomic mass is 16.7. The molecule has 0 fully saturated rings. The van der Waals surface area contributed by atoms with E-state index in [-0.39, 0.29) is 25.5 Å². The molecule has 0 saturated carbocycles. The average molecular weight is 480 g/mol. The van der Waals surface area contributed by atoms with Gasteiger partial charge in [-0.15, -0.1) is 5.06 Å². The lowest BCUT2D eigenvalue weighted by Gasteiger charge is -2.39. The van der Waals surface area contributed by atoms with Gasteiger partial charge in [0.05, 0.1) is 6.54 Å². The van der Waals surface area contributed by atoms with Crippen molar-refractivity contribution >= 4 is 23.2 Å². The van der Waals surface area contributed by atoms with Gasteiger partial charge in [0.1, 0.15) is 17.7 Å². The molecule has 0 saturated heterocycles. The second-order valence-corrected chi connectivity index (χ2v) is 8.73. The molecule has 35 heavy (non-hydrogen) atoms. The quantitative estimate of drug-likeness (QED) is 0.279. The van der Waals surface area contributed by atoms with Crippen LogP contribution in [-0.4, -0.2) is 45.1 Å². The van der Waals surface area contributed by atoms with Crippen molar-refractivity contribution in [3.8, 4) is 11.8 Å². The van der Waals surface area contributed by atoms with Crippen molar-refractivity contribution in [3.05, 3.63) is 66.1 Å². The van der Waals surface area contributed by atoms with Crippen LogP contribution in [0.15, 0.2) is 59.0 Å². The number of fused-ring (bicyclic) bond motifs is 1. The van der Waals surface area contributed by atoms with Gasteiger partial charge in [0, 0.05) is 0 Å². The number of benzene rings is 2. The first-order valence-electron chi connectivity index (χ1n) is 11.2. The van der Waals surface area contributed by atoms with Gasteiger partial charge < -0.3 is 14.3 Å². The number of amides is 1. The minimum atomic E-state index is -1.91. The molecule has 1 unspecified atom stereocenters. The smallest absolute Gasteiger partial charge is 0.409 e. The van der Waals surface area contributed by atoms with E-state index in [1.807, 2.05) is 48.5 Å². The Bertz CT molecular complexity index is 1190. The lowest BCUT2D eigenvalue weighted by Crippen LogP contribution is -2.65. The Labute approximate surface area is 204 Å². The Morgan fingerprint density at radius 1 is 1.11 bits per heavy atom. The van der Waals surface area contributed by atoms with E-state index in [0.29, 0.717) is 11.1 Å². The van der Waals surface area contributed by atoms with Crippen LogP contribution in [0.1, 0.15) is 45.6 Å². The summed E-state index contributed by atoms with van der Waals surface area (Å²) in [5.74, 6) is 4.50. The van der Waals surface area contributed by atoms with Crippen LogP contribution >= 0.6 is 0 Å². The van der Waals surface area contributed by atoms with E-state index in [2.05, 4.69) is 22.1 Å². The predicted molar refractivity (Wildman–Crippen MR) is 129 cm³/mol. The van der Waals surface area contributed by atoms with Crippen LogP contribution in [0.2, 0.25) is 0 Å². The molecule has 0 spiro atoms. The van der Waals surface area contributed by atoms with Crippen molar-refractivity contribution in [3.63, 3.8) is 0 Å². The Hall–Kier alpha value is -3.87. The summed E-state index contributed by atoms with van der Waals surface area (Å²) in [6.45, 7) is 6.62. The molecule has 3 aromatic rings. The second-order valence-electron chi connectivity index (χ2n) is 8.73. The number of carbonyl (C=O) groups excluding carboxylic acids is 1. The number of para-hydroxylation sites is 2. The van der Waals surface area contributed by atoms with Gasteiger partial charge in [-0.05, 0) is 50.8 Å². The zero-order chi connectivity index (χ0) is 25.5. The fourth-order valence-electron chi connectivity index (χ4n) is 3.30. The number of aliphatic carboxylic acids is 1. The van der Waals surface area contributed by atoms with Gasteiger partial charge in [0.25, 0.3) is 5.89 Å². The number of carboxylic acids is 1. The average Bonchev–Trinajstić information content (AvgIpc) is 3.22. The molecule has 9 heteroatoms. The first kappa shape index (κ1) is 25.7. The van der Waals surface area contributed by atoms with Crippen molar-refractivity contribution in [2.24, 2.45) is 0 Å². The first-order valence-corrected chi connectivity index (χ1v) is 11.2. The minimum absolute atomic E-state index is 0.00698. The number of rotatable bonds is 8. The SMILES string of the molecule is CCC(NC(=O)OC(C)(C)C)(C(=O)O)N(Cc1ccccc1)OCC#Cc1nc2ccccc2o1. The third kappa shape index (κ3) is 6.82. The van der Waals surface area contributed by atoms with Crippen LogP contribution in [-0.2, 0) is 20.9 Å².